The second kappa shape index (κ2) is 5.49. The first kappa shape index (κ1) is 12.5. The van der Waals surface area contributed by atoms with Gasteiger partial charge in [0.1, 0.15) is 6.04 Å². The number of hydrogen-bond donors (Lipinski definition) is 2. The predicted octanol–water partition coefficient (Wildman–Crippen LogP) is 2.30. The van der Waals surface area contributed by atoms with Crippen LogP contribution in [0.1, 0.15) is 26.0 Å². The maximum absolute atomic E-state index is 11.1. The van der Waals surface area contributed by atoms with Gasteiger partial charge in [-0.25, -0.2) is 4.79 Å². The number of rotatable bonds is 5. The van der Waals surface area contributed by atoms with E-state index in [0.717, 1.165) is 17.8 Å². The third kappa shape index (κ3) is 3.22. The van der Waals surface area contributed by atoms with Crippen LogP contribution in [0.4, 0.5) is 5.69 Å². The highest BCUT2D eigenvalue weighted by Crippen LogP contribution is 2.15. The van der Waals surface area contributed by atoms with Crippen LogP contribution in [0.5, 0.6) is 0 Å². The fraction of sp³-hybridized carbons (Fsp3) is 0.500. The number of carboxylic acid groups (broad SMARTS) is 1. The van der Waals surface area contributed by atoms with Gasteiger partial charge in [-0.05, 0) is 25.0 Å². The van der Waals surface area contributed by atoms with E-state index in [0.29, 0.717) is 0 Å². The number of nitrogens with zero attached hydrogens (tertiary/aromatic N) is 1. The van der Waals surface area contributed by atoms with Gasteiger partial charge in [-0.15, -0.1) is 0 Å². The number of aliphatic carboxylic acids is 1. The zero-order valence-corrected chi connectivity index (χ0v) is 9.90. The van der Waals surface area contributed by atoms with E-state index in [1.54, 1.807) is 12.3 Å². The monoisotopic (exact) mass is 222 g/mol. The molecule has 0 unspecified atom stereocenters. The van der Waals surface area contributed by atoms with Crippen molar-refractivity contribution >= 4 is 11.7 Å². The Morgan fingerprint density at radius 3 is 2.81 bits per heavy atom. The molecule has 0 aromatic carbocycles. The number of aryl methyl sites for hydroxylation is 1. The Labute approximate surface area is 95.7 Å². The molecule has 88 valence electrons. The minimum Gasteiger partial charge on any atom is -0.480 e. The minimum atomic E-state index is -0.816. The lowest BCUT2D eigenvalue weighted by molar-refractivity contribution is -0.139. The lowest BCUT2D eigenvalue weighted by Gasteiger charge is -2.21. The Balaban J connectivity index is 2.79. The molecule has 1 aromatic rings. The van der Waals surface area contributed by atoms with E-state index < -0.39 is 12.0 Å². The van der Waals surface area contributed by atoms with E-state index in [1.165, 1.54) is 0 Å². The molecule has 1 heterocycles. The van der Waals surface area contributed by atoms with Gasteiger partial charge >= 0.3 is 5.97 Å². The zero-order chi connectivity index (χ0) is 12.1. The summed E-state index contributed by atoms with van der Waals surface area (Å²) in [7, 11) is 0. The molecule has 16 heavy (non-hydrogen) atoms. The summed E-state index contributed by atoms with van der Waals surface area (Å²) in [4.78, 5) is 15.2. The summed E-state index contributed by atoms with van der Waals surface area (Å²) in [6.45, 7) is 5.80. The SMILES string of the molecule is CC[C@H](C)[C@H](Nc1ccnc(C)c1)C(=O)O. The summed E-state index contributed by atoms with van der Waals surface area (Å²) in [6, 6.07) is 3.08. The van der Waals surface area contributed by atoms with Crippen molar-refractivity contribution in [1.82, 2.24) is 4.98 Å². The Morgan fingerprint density at radius 1 is 1.62 bits per heavy atom. The predicted molar refractivity (Wildman–Crippen MR) is 63.5 cm³/mol. The number of hydrogen-bond acceptors (Lipinski definition) is 3. The molecular weight excluding hydrogens is 204 g/mol. The summed E-state index contributed by atoms with van der Waals surface area (Å²) < 4.78 is 0. The average molecular weight is 222 g/mol. The zero-order valence-electron chi connectivity index (χ0n) is 9.90. The van der Waals surface area contributed by atoms with E-state index in [2.05, 4.69) is 10.3 Å². The van der Waals surface area contributed by atoms with Crippen LogP contribution >= 0.6 is 0 Å². The lowest BCUT2D eigenvalue weighted by Crippen LogP contribution is -2.35. The van der Waals surface area contributed by atoms with Gasteiger partial charge in [-0.1, -0.05) is 20.3 Å². The molecule has 2 N–H and O–H groups in total. The molecule has 0 aliphatic heterocycles. The fourth-order valence-corrected chi connectivity index (χ4v) is 1.50. The molecule has 0 bridgehead atoms. The van der Waals surface area contributed by atoms with Crippen molar-refractivity contribution in [3.05, 3.63) is 24.0 Å². The third-order valence-corrected chi connectivity index (χ3v) is 2.70. The fourth-order valence-electron chi connectivity index (χ4n) is 1.50. The Hall–Kier alpha value is -1.58. The van der Waals surface area contributed by atoms with Gasteiger partial charge in [0.25, 0.3) is 0 Å². The van der Waals surface area contributed by atoms with Crippen LogP contribution in [0.3, 0.4) is 0 Å². The Bertz CT molecular complexity index is 366. The first-order valence-electron chi connectivity index (χ1n) is 5.46. The maximum atomic E-state index is 11.1. The van der Waals surface area contributed by atoms with Crippen molar-refractivity contribution in [2.24, 2.45) is 5.92 Å². The summed E-state index contributed by atoms with van der Waals surface area (Å²) in [5, 5.41) is 12.2. The van der Waals surface area contributed by atoms with Crippen molar-refractivity contribution in [2.75, 3.05) is 5.32 Å². The highest BCUT2D eigenvalue weighted by atomic mass is 16.4. The summed E-state index contributed by atoms with van der Waals surface area (Å²) >= 11 is 0. The van der Waals surface area contributed by atoms with Crippen molar-refractivity contribution in [2.45, 2.75) is 33.2 Å². The first-order valence-corrected chi connectivity index (χ1v) is 5.46. The highest BCUT2D eigenvalue weighted by molar-refractivity contribution is 5.77. The molecule has 0 saturated heterocycles. The summed E-state index contributed by atoms with van der Waals surface area (Å²) in [5.74, 6) is -0.727. The average Bonchev–Trinajstić information content (AvgIpc) is 2.24. The van der Waals surface area contributed by atoms with E-state index in [1.807, 2.05) is 26.8 Å². The van der Waals surface area contributed by atoms with Gasteiger partial charge in [0.15, 0.2) is 0 Å². The first-order chi connectivity index (χ1) is 7.54. The molecule has 1 aromatic heterocycles. The minimum absolute atomic E-state index is 0.0889. The van der Waals surface area contributed by atoms with Crippen molar-refractivity contribution in [3.8, 4) is 0 Å². The van der Waals surface area contributed by atoms with Gasteiger partial charge in [-0.3, -0.25) is 4.98 Å². The van der Waals surface area contributed by atoms with E-state index >= 15 is 0 Å². The molecule has 1 rings (SSSR count). The molecule has 2 atom stereocenters. The molecule has 0 aliphatic carbocycles. The van der Waals surface area contributed by atoms with E-state index in [9.17, 15) is 4.79 Å². The topological polar surface area (TPSA) is 62.2 Å². The number of carbonyl (C=O) groups is 1. The normalized spacial score (nSPS) is 14.2. The van der Waals surface area contributed by atoms with Crippen molar-refractivity contribution < 1.29 is 9.90 Å². The van der Waals surface area contributed by atoms with Crippen molar-refractivity contribution in [1.29, 1.82) is 0 Å². The third-order valence-electron chi connectivity index (χ3n) is 2.70. The Morgan fingerprint density at radius 2 is 2.31 bits per heavy atom. The second-order valence-corrected chi connectivity index (χ2v) is 4.03. The van der Waals surface area contributed by atoms with Gasteiger partial charge < -0.3 is 10.4 Å². The number of aromatic nitrogens is 1. The number of anilines is 1. The highest BCUT2D eigenvalue weighted by Gasteiger charge is 2.22. The van der Waals surface area contributed by atoms with Gasteiger partial charge in [0, 0.05) is 17.6 Å². The van der Waals surface area contributed by atoms with Crippen LogP contribution in [0.2, 0.25) is 0 Å². The van der Waals surface area contributed by atoms with Crippen LogP contribution in [0.15, 0.2) is 18.3 Å². The summed E-state index contributed by atoms with van der Waals surface area (Å²) in [5.41, 5.74) is 1.68. The van der Waals surface area contributed by atoms with Gasteiger partial charge in [0.05, 0.1) is 0 Å². The standard InChI is InChI=1S/C12H18N2O2/c1-4-8(2)11(12(15)16)14-10-5-6-13-9(3)7-10/h5-8,11H,4H2,1-3H3,(H,13,14)(H,15,16)/t8-,11-/m0/s1. The quantitative estimate of drug-likeness (QED) is 0.802. The molecule has 0 aliphatic rings. The molecule has 0 fully saturated rings. The lowest BCUT2D eigenvalue weighted by atomic mass is 9.99. The molecule has 0 saturated carbocycles. The molecule has 0 amide bonds. The van der Waals surface area contributed by atoms with Gasteiger partial charge in [0.2, 0.25) is 0 Å². The Kier molecular flexibility index (Phi) is 4.28. The maximum Gasteiger partial charge on any atom is 0.326 e. The second-order valence-electron chi connectivity index (χ2n) is 4.03. The number of carboxylic acids is 1. The number of pyridine rings is 1. The van der Waals surface area contributed by atoms with E-state index in [4.69, 9.17) is 5.11 Å². The molecule has 4 nitrogen and oxygen atoms in total. The van der Waals surface area contributed by atoms with Crippen LogP contribution in [0.25, 0.3) is 0 Å². The van der Waals surface area contributed by atoms with Crippen LogP contribution in [-0.2, 0) is 4.79 Å². The molecule has 0 spiro atoms. The molecule has 4 heteroatoms. The van der Waals surface area contributed by atoms with E-state index in [-0.39, 0.29) is 5.92 Å². The molecular formula is C12H18N2O2. The van der Waals surface area contributed by atoms with Crippen molar-refractivity contribution in [3.63, 3.8) is 0 Å². The van der Waals surface area contributed by atoms with Gasteiger partial charge in [-0.2, -0.15) is 0 Å². The molecule has 0 radical (unpaired) electrons. The van der Waals surface area contributed by atoms with Crippen LogP contribution in [-0.4, -0.2) is 22.1 Å². The summed E-state index contributed by atoms with van der Waals surface area (Å²) in [6.07, 6.45) is 2.50. The van der Waals surface area contributed by atoms with Crippen LogP contribution in [0, 0.1) is 12.8 Å². The number of nitrogens with one attached hydrogen (secondary N) is 1. The van der Waals surface area contributed by atoms with Crippen LogP contribution < -0.4 is 5.32 Å². The largest absolute Gasteiger partial charge is 0.480 e. The smallest absolute Gasteiger partial charge is 0.326 e.